The van der Waals surface area contributed by atoms with Gasteiger partial charge in [0.1, 0.15) is 0 Å². The SMILES string of the molecule is Cc1ccc(C(O)C2CCNC2)cc1Br. The molecule has 0 aliphatic carbocycles. The summed E-state index contributed by atoms with van der Waals surface area (Å²) in [6.07, 6.45) is 0.726. The average molecular weight is 270 g/mol. The minimum atomic E-state index is -0.336. The van der Waals surface area contributed by atoms with Crippen molar-refractivity contribution in [2.45, 2.75) is 19.4 Å². The van der Waals surface area contributed by atoms with Gasteiger partial charge in [-0.05, 0) is 37.1 Å². The molecule has 2 nitrogen and oxygen atoms in total. The van der Waals surface area contributed by atoms with Gasteiger partial charge in [0.15, 0.2) is 0 Å². The third-order valence-electron chi connectivity index (χ3n) is 3.08. The molecule has 1 aliphatic heterocycles. The van der Waals surface area contributed by atoms with Gasteiger partial charge in [0.2, 0.25) is 0 Å². The number of hydrogen-bond acceptors (Lipinski definition) is 2. The third kappa shape index (κ3) is 2.41. The fourth-order valence-electron chi connectivity index (χ4n) is 2.01. The Morgan fingerprint density at radius 3 is 2.93 bits per heavy atom. The smallest absolute Gasteiger partial charge is 0.0831 e. The molecular formula is C12H16BrNO. The second-order valence-corrected chi connectivity index (χ2v) is 5.06. The molecule has 2 rings (SSSR count). The van der Waals surface area contributed by atoms with E-state index in [1.165, 1.54) is 5.56 Å². The van der Waals surface area contributed by atoms with Crippen LogP contribution in [0.15, 0.2) is 22.7 Å². The molecule has 0 bridgehead atoms. The number of aliphatic hydroxyl groups excluding tert-OH is 1. The highest BCUT2D eigenvalue weighted by atomic mass is 79.9. The fraction of sp³-hybridized carbons (Fsp3) is 0.500. The number of aryl methyl sites for hydroxylation is 1. The first-order chi connectivity index (χ1) is 7.18. The van der Waals surface area contributed by atoms with Crippen molar-refractivity contribution >= 4 is 15.9 Å². The maximum Gasteiger partial charge on any atom is 0.0831 e. The zero-order chi connectivity index (χ0) is 10.8. The van der Waals surface area contributed by atoms with Crippen molar-refractivity contribution in [3.8, 4) is 0 Å². The third-order valence-corrected chi connectivity index (χ3v) is 3.94. The molecule has 0 aromatic heterocycles. The van der Waals surface area contributed by atoms with Crippen LogP contribution in [-0.2, 0) is 0 Å². The summed E-state index contributed by atoms with van der Waals surface area (Å²) in [7, 11) is 0. The van der Waals surface area contributed by atoms with Gasteiger partial charge in [0.25, 0.3) is 0 Å². The Morgan fingerprint density at radius 1 is 1.53 bits per heavy atom. The maximum absolute atomic E-state index is 10.2. The lowest BCUT2D eigenvalue weighted by atomic mass is 9.94. The molecule has 2 atom stereocenters. The lowest BCUT2D eigenvalue weighted by Crippen LogP contribution is -2.16. The molecule has 15 heavy (non-hydrogen) atoms. The Labute approximate surface area is 98.8 Å². The predicted molar refractivity (Wildman–Crippen MR) is 64.8 cm³/mol. The number of aliphatic hydroxyl groups is 1. The average Bonchev–Trinajstić information content (AvgIpc) is 2.74. The molecule has 1 aromatic rings. The summed E-state index contributed by atoms with van der Waals surface area (Å²) in [4.78, 5) is 0. The van der Waals surface area contributed by atoms with Gasteiger partial charge in [-0.15, -0.1) is 0 Å². The quantitative estimate of drug-likeness (QED) is 0.865. The van der Waals surface area contributed by atoms with E-state index in [9.17, 15) is 5.11 Å². The molecule has 1 saturated heterocycles. The van der Waals surface area contributed by atoms with E-state index in [2.05, 4.69) is 28.2 Å². The van der Waals surface area contributed by atoms with Crippen molar-refractivity contribution in [1.82, 2.24) is 5.32 Å². The molecular weight excluding hydrogens is 254 g/mol. The Morgan fingerprint density at radius 2 is 2.33 bits per heavy atom. The zero-order valence-electron chi connectivity index (χ0n) is 8.83. The van der Waals surface area contributed by atoms with Gasteiger partial charge in [-0.25, -0.2) is 0 Å². The summed E-state index contributed by atoms with van der Waals surface area (Å²) >= 11 is 3.50. The molecule has 82 valence electrons. The monoisotopic (exact) mass is 269 g/mol. The van der Waals surface area contributed by atoms with Crippen LogP contribution in [0, 0.1) is 12.8 Å². The lowest BCUT2D eigenvalue weighted by Gasteiger charge is -2.18. The molecule has 2 N–H and O–H groups in total. The molecule has 0 amide bonds. The van der Waals surface area contributed by atoms with E-state index >= 15 is 0 Å². The van der Waals surface area contributed by atoms with Crippen LogP contribution in [-0.4, -0.2) is 18.2 Å². The van der Waals surface area contributed by atoms with Gasteiger partial charge in [0, 0.05) is 16.9 Å². The van der Waals surface area contributed by atoms with E-state index < -0.39 is 0 Å². The summed E-state index contributed by atoms with van der Waals surface area (Å²) in [6, 6.07) is 6.09. The molecule has 1 aliphatic rings. The van der Waals surface area contributed by atoms with Gasteiger partial charge in [0.05, 0.1) is 6.10 Å². The minimum Gasteiger partial charge on any atom is -0.388 e. The van der Waals surface area contributed by atoms with Crippen molar-refractivity contribution in [3.63, 3.8) is 0 Å². The predicted octanol–water partition coefficient (Wildman–Crippen LogP) is 2.40. The van der Waals surface area contributed by atoms with Crippen molar-refractivity contribution in [1.29, 1.82) is 0 Å². The fourth-order valence-corrected chi connectivity index (χ4v) is 2.41. The standard InChI is InChI=1S/C12H16BrNO/c1-8-2-3-9(6-11(8)13)12(15)10-4-5-14-7-10/h2-3,6,10,12,14-15H,4-5,7H2,1H3. The number of halogens is 1. The molecule has 1 aromatic carbocycles. The summed E-state index contributed by atoms with van der Waals surface area (Å²) in [5, 5.41) is 13.5. The molecule has 0 saturated carbocycles. The Kier molecular flexibility index (Phi) is 3.44. The summed E-state index contributed by atoms with van der Waals surface area (Å²) in [5.74, 6) is 0.361. The summed E-state index contributed by atoms with van der Waals surface area (Å²) in [5.41, 5.74) is 2.22. The van der Waals surface area contributed by atoms with Crippen LogP contribution in [0.4, 0.5) is 0 Å². The minimum absolute atomic E-state index is 0.336. The highest BCUT2D eigenvalue weighted by Gasteiger charge is 2.24. The molecule has 3 heteroatoms. The molecule has 1 fully saturated rings. The van der Waals surface area contributed by atoms with Crippen LogP contribution < -0.4 is 5.32 Å². The topological polar surface area (TPSA) is 32.3 Å². The largest absolute Gasteiger partial charge is 0.388 e. The maximum atomic E-state index is 10.2. The molecule has 0 spiro atoms. The van der Waals surface area contributed by atoms with Crippen LogP contribution in [0.2, 0.25) is 0 Å². The Hall–Kier alpha value is -0.380. The van der Waals surface area contributed by atoms with Crippen LogP contribution in [0.25, 0.3) is 0 Å². The molecule has 2 unspecified atom stereocenters. The molecule has 1 heterocycles. The number of hydrogen-bond donors (Lipinski definition) is 2. The molecule has 0 radical (unpaired) electrons. The highest BCUT2D eigenvalue weighted by molar-refractivity contribution is 9.10. The summed E-state index contributed by atoms with van der Waals surface area (Å²) < 4.78 is 1.07. The van der Waals surface area contributed by atoms with Gasteiger partial charge in [-0.2, -0.15) is 0 Å². The van der Waals surface area contributed by atoms with Gasteiger partial charge in [-0.1, -0.05) is 28.1 Å². The number of benzene rings is 1. The van der Waals surface area contributed by atoms with E-state index in [0.717, 1.165) is 29.5 Å². The van der Waals surface area contributed by atoms with E-state index in [1.54, 1.807) is 0 Å². The first-order valence-corrected chi connectivity index (χ1v) is 6.12. The van der Waals surface area contributed by atoms with Crippen molar-refractivity contribution in [2.24, 2.45) is 5.92 Å². The van der Waals surface area contributed by atoms with Gasteiger partial charge in [-0.3, -0.25) is 0 Å². The number of nitrogens with one attached hydrogen (secondary N) is 1. The zero-order valence-corrected chi connectivity index (χ0v) is 10.4. The van der Waals surface area contributed by atoms with Crippen molar-refractivity contribution < 1.29 is 5.11 Å². The van der Waals surface area contributed by atoms with E-state index in [4.69, 9.17) is 0 Å². The summed E-state index contributed by atoms with van der Waals surface area (Å²) in [6.45, 7) is 4.00. The Balaban J connectivity index is 2.17. The van der Waals surface area contributed by atoms with E-state index in [0.29, 0.717) is 5.92 Å². The number of rotatable bonds is 2. The lowest BCUT2D eigenvalue weighted by molar-refractivity contribution is 0.118. The van der Waals surface area contributed by atoms with Crippen LogP contribution in [0.3, 0.4) is 0 Å². The first-order valence-electron chi connectivity index (χ1n) is 5.33. The van der Waals surface area contributed by atoms with E-state index in [1.807, 2.05) is 18.2 Å². The second kappa shape index (κ2) is 4.64. The van der Waals surface area contributed by atoms with Crippen LogP contribution in [0.1, 0.15) is 23.7 Å². The van der Waals surface area contributed by atoms with Crippen molar-refractivity contribution in [3.05, 3.63) is 33.8 Å². The van der Waals surface area contributed by atoms with E-state index in [-0.39, 0.29) is 6.10 Å². The van der Waals surface area contributed by atoms with Gasteiger partial charge < -0.3 is 10.4 Å². The second-order valence-electron chi connectivity index (χ2n) is 4.21. The Bertz CT molecular complexity index is 347. The normalized spacial score (nSPS) is 23.0. The highest BCUT2D eigenvalue weighted by Crippen LogP contribution is 2.29. The first kappa shape index (κ1) is 11.1. The van der Waals surface area contributed by atoms with Crippen molar-refractivity contribution in [2.75, 3.05) is 13.1 Å². The van der Waals surface area contributed by atoms with Crippen LogP contribution >= 0.6 is 15.9 Å². The van der Waals surface area contributed by atoms with Crippen LogP contribution in [0.5, 0.6) is 0 Å². The van der Waals surface area contributed by atoms with Gasteiger partial charge >= 0.3 is 0 Å².